The van der Waals surface area contributed by atoms with Gasteiger partial charge in [0.05, 0.1) is 6.61 Å². The zero-order valence-corrected chi connectivity index (χ0v) is 8.34. The lowest BCUT2D eigenvalue weighted by atomic mass is 10.2. The highest BCUT2D eigenvalue weighted by Gasteiger charge is 2.13. The first-order valence-corrected chi connectivity index (χ1v) is 5.20. The second-order valence-corrected chi connectivity index (χ2v) is 3.46. The maximum Gasteiger partial charge on any atom is 0.333 e. The lowest BCUT2D eigenvalue weighted by Crippen LogP contribution is -2.07. The molecule has 0 aromatic carbocycles. The minimum Gasteiger partial charge on any atom is -0.462 e. The Labute approximate surface area is 80.0 Å². The third kappa shape index (κ3) is 3.62. The zero-order chi connectivity index (χ0) is 9.52. The maximum atomic E-state index is 11.3. The second-order valence-electron chi connectivity index (χ2n) is 3.46. The van der Waals surface area contributed by atoms with Gasteiger partial charge in [0.2, 0.25) is 0 Å². The number of unbranched alkanes of at least 4 members (excludes halogenated alkanes) is 2. The zero-order valence-electron chi connectivity index (χ0n) is 8.34. The lowest BCUT2D eigenvalue weighted by Gasteiger charge is -2.03. The van der Waals surface area contributed by atoms with E-state index in [1.165, 1.54) is 6.42 Å². The molecule has 1 aliphatic rings. The summed E-state index contributed by atoms with van der Waals surface area (Å²) in [5.74, 6) is -0.0893. The molecule has 0 aromatic heterocycles. The molecule has 2 nitrogen and oxygen atoms in total. The van der Waals surface area contributed by atoms with Crippen LogP contribution in [0.3, 0.4) is 0 Å². The number of hydrogen-bond donors (Lipinski definition) is 0. The maximum absolute atomic E-state index is 11.3. The molecule has 0 bridgehead atoms. The molecule has 2 heteroatoms. The van der Waals surface area contributed by atoms with Crippen molar-refractivity contribution in [2.24, 2.45) is 0 Å². The molecule has 0 saturated carbocycles. The summed E-state index contributed by atoms with van der Waals surface area (Å²) in [5.41, 5.74) is 0.886. The fourth-order valence-corrected chi connectivity index (χ4v) is 1.47. The standard InChI is InChI=1S/C11H18O2/c1-2-3-6-9-13-11(12)10-7-4-5-8-10/h7H,2-6,8-9H2,1H3. The molecule has 74 valence electrons. The molecule has 0 N–H and O–H groups in total. The SMILES string of the molecule is CCCCCOC(=O)C1=CCCC1. The van der Waals surface area contributed by atoms with Gasteiger partial charge in [-0.15, -0.1) is 0 Å². The van der Waals surface area contributed by atoms with E-state index < -0.39 is 0 Å². The summed E-state index contributed by atoms with van der Waals surface area (Å²) in [7, 11) is 0. The van der Waals surface area contributed by atoms with Crippen LogP contribution in [0.2, 0.25) is 0 Å². The molecule has 0 atom stereocenters. The van der Waals surface area contributed by atoms with E-state index >= 15 is 0 Å². The predicted octanol–water partition coefficient (Wildman–Crippen LogP) is 2.83. The Morgan fingerprint density at radius 3 is 3.00 bits per heavy atom. The van der Waals surface area contributed by atoms with Crippen LogP contribution in [0.15, 0.2) is 11.6 Å². The van der Waals surface area contributed by atoms with Gasteiger partial charge < -0.3 is 4.74 Å². The summed E-state index contributed by atoms with van der Waals surface area (Å²) in [5, 5.41) is 0. The van der Waals surface area contributed by atoms with Gasteiger partial charge in [-0.3, -0.25) is 0 Å². The van der Waals surface area contributed by atoms with Crippen molar-refractivity contribution in [1.82, 2.24) is 0 Å². The van der Waals surface area contributed by atoms with Crippen molar-refractivity contribution in [3.8, 4) is 0 Å². The Morgan fingerprint density at radius 1 is 1.54 bits per heavy atom. The van der Waals surface area contributed by atoms with Crippen LogP contribution in [0, 0.1) is 0 Å². The van der Waals surface area contributed by atoms with Gasteiger partial charge in [-0.2, -0.15) is 0 Å². The molecule has 13 heavy (non-hydrogen) atoms. The molecule has 0 aliphatic heterocycles. The normalized spacial score (nSPS) is 15.6. The van der Waals surface area contributed by atoms with Gasteiger partial charge in [-0.05, 0) is 25.7 Å². The van der Waals surface area contributed by atoms with Crippen LogP contribution >= 0.6 is 0 Å². The summed E-state index contributed by atoms with van der Waals surface area (Å²) in [6, 6.07) is 0. The van der Waals surface area contributed by atoms with Gasteiger partial charge >= 0.3 is 5.97 Å². The number of ether oxygens (including phenoxy) is 1. The Hall–Kier alpha value is -0.790. The molecule has 0 heterocycles. The minimum absolute atomic E-state index is 0.0893. The van der Waals surface area contributed by atoms with Crippen LogP contribution in [-0.4, -0.2) is 12.6 Å². The first-order valence-electron chi connectivity index (χ1n) is 5.20. The van der Waals surface area contributed by atoms with E-state index in [2.05, 4.69) is 6.92 Å². The lowest BCUT2D eigenvalue weighted by molar-refractivity contribution is -0.139. The molecular weight excluding hydrogens is 164 g/mol. The Kier molecular flexibility index (Phi) is 4.58. The van der Waals surface area contributed by atoms with Gasteiger partial charge in [0.25, 0.3) is 0 Å². The van der Waals surface area contributed by atoms with E-state index in [0.717, 1.165) is 37.7 Å². The van der Waals surface area contributed by atoms with Crippen LogP contribution in [-0.2, 0) is 9.53 Å². The van der Waals surface area contributed by atoms with Gasteiger partial charge in [0.15, 0.2) is 0 Å². The van der Waals surface area contributed by atoms with Crippen molar-refractivity contribution < 1.29 is 9.53 Å². The summed E-state index contributed by atoms with van der Waals surface area (Å²) in [6.07, 6.45) is 8.37. The van der Waals surface area contributed by atoms with E-state index in [1.807, 2.05) is 6.08 Å². The van der Waals surface area contributed by atoms with Crippen molar-refractivity contribution >= 4 is 5.97 Å². The van der Waals surface area contributed by atoms with Crippen LogP contribution < -0.4 is 0 Å². The summed E-state index contributed by atoms with van der Waals surface area (Å²) >= 11 is 0. The van der Waals surface area contributed by atoms with Crippen molar-refractivity contribution in [1.29, 1.82) is 0 Å². The third-order valence-electron chi connectivity index (χ3n) is 2.28. The summed E-state index contributed by atoms with van der Waals surface area (Å²) in [6.45, 7) is 2.73. The van der Waals surface area contributed by atoms with Crippen molar-refractivity contribution in [2.75, 3.05) is 6.61 Å². The van der Waals surface area contributed by atoms with Crippen LogP contribution in [0.25, 0.3) is 0 Å². The average molecular weight is 182 g/mol. The quantitative estimate of drug-likeness (QED) is 0.482. The van der Waals surface area contributed by atoms with Gasteiger partial charge in [-0.25, -0.2) is 4.79 Å². The second kappa shape index (κ2) is 5.79. The molecule has 0 radical (unpaired) electrons. The molecule has 0 fully saturated rings. The molecule has 0 spiro atoms. The van der Waals surface area contributed by atoms with E-state index in [9.17, 15) is 4.79 Å². The molecule has 0 amide bonds. The number of carbonyl (C=O) groups is 1. The van der Waals surface area contributed by atoms with E-state index in [4.69, 9.17) is 4.74 Å². The van der Waals surface area contributed by atoms with Gasteiger partial charge in [0.1, 0.15) is 0 Å². The highest BCUT2D eigenvalue weighted by atomic mass is 16.5. The van der Waals surface area contributed by atoms with E-state index in [-0.39, 0.29) is 5.97 Å². The van der Waals surface area contributed by atoms with Gasteiger partial charge in [0, 0.05) is 5.57 Å². The number of hydrogen-bond acceptors (Lipinski definition) is 2. The molecule has 1 aliphatic carbocycles. The topological polar surface area (TPSA) is 26.3 Å². The number of rotatable bonds is 5. The molecular formula is C11H18O2. The fraction of sp³-hybridized carbons (Fsp3) is 0.727. The van der Waals surface area contributed by atoms with Crippen molar-refractivity contribution in [3.05, 3.63) is 11.6 Å². The van der Waals surface area contributed by atoms with Crippen LogP contribution in [0.4, 0.5) is 0 Å². The third-order valence-corrected chi connectivity index (χ3v) is 2.28. The largest absolute Gasteiger partial charge is 0.462 e. The van der Waals surface area contributed by atoms with Crippen molar-refractivity contribution in [2.45, 2.75) is 45.4 Å². The highest BCUT2D eigenvalue weighted by molar-refractivity contribution is 5.88. The van der Waals surface area contributed by atoms with Gasteiger partial charge in [-0.1, -0.05) is 25.8 Å². The summed E-state index contributed by atoms with van der Waals surface area (Å²) < 4.78 is 5.12. The highest BCUT2D eigenvalue weighted by Crippen LogP contribution is 2.18. The van der Waals surface area contributed by atoms with E-state index in [1.54, 1.807) is 0 Å². The molecule has 0 aromatic rings. The Bertz CT molecular complexity index is 194. The Morgan fingerprint density at radius 2 is 2.38 bits per heavy atom. The van der Waals surface area contributed by atoms with Crippen LogP contribution in [0.5, 0.6) is 0 Å². The number of allylic oxidation sites excluding steroid dienone is 1. The first kappa shape index (κ1) is 10.3. The number of esters is 1. The molecule has 0 saturated heterocycles. The fourth-order valence-electron chi connectivity index (χ4n) is 1.47. The average Bonchev–Trinajstić information content (AvgIpc) is 2.65. The smallest absolute Gasteiger partial charge is 0.333 e. The predicted molar refractivity (Wildman–Crippen MR) is 52.4 cm³/mol. The Balaban J connectivity index is 2.10. The van der Waals surface area contributed by atoms with E-state index in [0.29, 0.717) is 6.61 Å². The monoisotopic (exact) mass is 182 g/mol. The number of carbonyl (C=O) groups excluding carboxylic acids is 1. The van der Waals surface area contributed by atoms with Crippen LogP contribution in [0.1, 0.15) is 45.4 Å². The summed E-state index contributed by atoms with van der Waals surface area (Å²) in [4.78, 5) is 11.3. The molecule has 0 unspecified atom stereocenters. The molecule has 1 rings (SSSR count). The van der Waals surface area contributed by atoms with Crippen molar-refractivity contribution in [3.63, 3.8) is 0 Å². The minimum atomic E-state index is -0.0893. The first-order chi connectivity index (χ1) is 6.34.